The normalized spacial score (nSPS) is 17.9. The first-order valence-electron chi connectivity index (χ1n) is 8.40. The number of hydrogen-bond acceptors (Lipinski definition) is 4. The Labute approximate surface area is 128 Å². The second-order valence-corrected chi connectivity index (χ2v) is 5.99. The van der Waals surface area contributed by atoms with Gasteiger partial charge in [0.05, 0.1) is 5.69 Å². The van der Waals surface area contributed by atoms with Gasteiger partial charge in [0.15, 0.2) is 5.82 Å². The van der Waals surface area contributed by atoms with Crippen LogP contribution in [0.3, 0.4) is 0 Å². The van der Waals surface area contributed by atoms with Gasteiger partial charge in [-0.15, -0.1) is 0 Å². The summed E-state index contributed by atoms with van der Waals surface area (Å²) in [4.78, 5) is 9.53. The maximum atomic E-state index is 6.15. The molecule has 0 aliphatic heterocycles. The Balaban J connectivity index is 2.23. The third-order valence-electron chi connectivity index (χ3n) is 4.13. The Kier molecular flexibility index (Phi) is 6.12. The van der Waals surface area contributed by atoms with Crippen LogP contribution < -0.4 is 5.32 Å². The van der Waals surface area contributed by atoms with Gasteiger partial charge in [-0.25, -0.2) is 9.97 Å². The molecule has 1 aliphatic rings. The summed E-state index contributed by atoms with van der Waals surface area (Å²) < 4.78 is 6.15. The molecule has 1 aromatic rings. The van der Waals surface area contributed by atoms with Gasteiger partial charge >= 0.3 is 0 Å². The molecule has 4 nitrogen and oxygen atoms in total. The van der Waals surface area contributed by atoms with Crippen molar-refractivity contribution in [1.29, 1.82) is 0 Å². The average molecular weight is 291 g/mol. The topological polar surface area (TPSA) is 47.0 Å². The summed E-state index contributed by atoms with van der Waals surface area (Å²) >= 11 is 0. The van der Waals surface area contributed by atoms with Crippen LogP contribution in [0.1, 0.15) is 69.6 Å². The molecule has 1 fully saturated rings. The summed E-state index contributed by atoms with van der Waals surface area (Å²) in [6, 6.07) is 2.08. The molecule has 0 radical (unpaired) electrons. The highest BCUT2D eigenvalue weighted by atomic mass is 16.5. The zero-order valence-electron chi connectivity index (χ0n) is 13.7. The van der Waals surface area contributed by atoms with Gasteiger partial charge in [0.2, 0.25) is 0 Å². The van der Waals surface area contributed by atoms with Gasteiger partial charge in [-0.2, -0.15) is 0 Å². The van der Waals surface area contributed by atoms with Gasteiger partial charge in [0.25, 0.3) is 0 Å². The van der Waals surface area contributed by atoms with E-state index in [4.69, 9.17) is 14.7 Å². The van der Waals surface area contributed by atoms with E-state index in [9.17, 15) is 0 Å². The van der Waals surface area contributed by atoms with E-state index in [-0.39, 0.29) is 5.60 Å². The Morgan fingerprint density at radius 2 is 1.95 bits per heavy atom. The molecule has 1 N–H and O–H groups in total. The smallest absolute Gasteiger partial charge is 0.160 e. The molecule has 2 rings (SSSR count). The number of hydrogen-bond donors (Lipinski definition) is 1. The van der Waals surface area contributed by atoms with Crippen molar-refractivity contribution < 1.29 is 4.74 Å². The lowest BCUT2D eigenvalue weighted by atomic mass is 9.83. The zero-order chi connectivity index (χ0) is 15.1. The van der Waals surface area contributed by atoms with Crippen molar-refractivity contribution >= 4 is 0 Å². The van der Waals surface area contributed by atoms with E-state index in [1.807, 2.05) is 0 Å². The van der Waals surface area contributed by atoms with E-state index in [1.165, 1.54) is 19.3 Å². The Morgan fingerprint density at radius 1 is 1.19 bits per heavy atom. The molecule has 0 amide bonds. The average Bonchev–Trinajstić information content (AvgIpc) is 2.48. The minimum Gasteiger partial charge on any atom is -0.367 e. The summed E-state index contributed by atoms with van der Waals surface area (Å²) in [5.74, 6) is 0.900. The minimum atomic E-state index is -0.251. The van der Waals surface area contributed by atoms with Crippen LogP contribution in [-0.4, -0.2) is 23.1 Å². The Bertz CT molecular complexity index is 436. The maximum absolute atomic E-state index is 6.15. The predicted molar refractivity (Wildman–Crippen MR) is 85.2 cm³/mol. The van der Waals surface area contributed by atoms with Crippen LogP contribution in [0.25, 0.3) is 0 Å². The third-order valence-corrected chi connectivity index (χ3v) is 4.13. The summed E-state index contributed by atoms with van der Waals surface area (Å²) in [5.41, 5.74) is 1.87. The summed E-state index contributed by atoms with van der Waals surface area (Å²) in [5, 5.41) is 3.42. The van der Waals surface area contributed by atoms with Crippen molar-refractivity contribution in [3.8, 4) is 0 Å². The van der Waals surface area contributed by atoms with Crippen LogP contribution in [0.4, 0.5) is 0 Å². The van der Waals surface area contributed by atoms with Crippen molar-refractivity contribution in [3.63, 3.8) is 0 Å². The van der Waals surface area contributed by atoms with E-state index in [0.29, 0.717) is 0 Å². The van der Waals surface area contributed by atoms with Gasteiger partial charge in [-0.3, -0.25) is 0 Å². The first kappa shape index (κ1) is 16.4. The summed E-state index contributed by atoms with van der Waals surface area (Å²) in [6.45, 7) is 8.85. The number of aromatic nitrogens is 2. The molecule has 4 heteroatoms. The first-order valence-corrected chi connectivity index (χ1v) is 8.40. The van der Waals surface area contributed by atoms with Gasteiger partial charge in [0.1, 0.15) is 5.60 Å². The van der Waals surface area contributed by atoms with Crippen molar-refractivity contribution in [3.05, 3.63) is 23.3 Å². The molecular formula is C17H29N3O. The molecule has 1 heterocycles. The van der Waals surface area contributed by atoms with E-state index in [2.05, 4.69) is 32.2 Å². The van der Waals surface area contributed by atoms with E-state index in [0.717, 1.165) is 56.2 Å². The molecule has 1 saturated carbocycles. The number of nitrogens with zero attached hydrogens (tertiary/aromatic N) is 2. The van der Waals surface area contributed by atoms with Gasteiger partial charge in [0, 0.05) is 18.8 Å². The Hall–Kier alpha value is -1.00. The third kappa shape index (κ3) is 4.24. The lowest BCUT2D eigenvalue weighted by molar-refractivity contribution is -0.0769. The van der Waals surface area contributed by atoms with Gasteiger partial charge < -0.3 is 10.1 Å². The highest BCUT2D eigenvalue weighted by molar-refractivity contribution is 5.15. The minimum absolute atomic E-state index is 0.251. The summed E-state index contributed by atoms with van der Waals surface area (Å²) in [6.07, 6.45) is 6.95. The number of aryl methyl sites for hydroxylation is 1. The molecular weight excluding hydrogens is 262 g/mol. The number of rotatable bonds is 7. The van der Waals surface area contributed by atoms with Crippen LogP contribution in [0.15, 0.2) is 6.07 Å². The van der Waals surface area contributed by atoms with Crippen molar-refractivity contribution in [2.24, 2.45) is 0 Å². The molecule has 0 atom stereocenters. The van der Waals surface area contributed by atoms with Crippen LogP contribution >= 0.6 is 0 Å². The molecule has 1 aromatic heterocycles. The number of ether oxygens (including phenoxy) is 1. The van der Waals surface area contributed by atoms with E-state index in [1.54, 1.807) is 0 Å². The lowest BCUT2D eigenvalue weighted by Crippen LogP contribution is -2.35. The predicted octanol–water partition coefficient (Wildman–Crippen LogP) is 3.48. The molecule has 1 aliphatic carbocycles. The molecule has 0 spiro atoms. The van der Waals surface area contributed by atoms with Crippen LogP contribution in [0, 0.1) is 6.92 Å². The van der Waals surface area contributed by atoms with Crippen molar-refractivity contribution in [1.82, 2.24) is 15.3 Å². The van der Waals surface area contributed by atoms with E-state index < -0.39 is 0 Å². The quantitative estimate of drug-likeness (QED) is 0.781. The van der Waals surface area contributed by atoms with Crippen LogP contribution in [0.2, 0.25) is 0 Å². The highest BCUT2D eigenvalue weighted by Gasteiger charge is 2.37. The van der Waals surface area contributed by atoms with Crippen molar-refractivity contribution in [2.75, 3.05) is 13.2 Å². The van der Waals surface area contributed by atoms with Crippen LogP contribution in [0.5, 0.6) is 0 Å². The van der Waals surface area contributed by atoms with Gasteiger partial charge in [-0.1, -0.05) is 26.2 Å². The molecule has 0 unspecified atom stereocenters. The van der Waals surface area contributed by atoms with Crippen LogP contribution in [-0.2, 0) is 16.9 Å². The first-order chi connectivity index (χ1) is 10.2. The number of nitrogens with one attached hydrogen (secondary N) is 1. The second kappa shape index (κ2) is 7.85. The molecule has 0 bridgehead atoms. The molecule has 0 saturated heterocycles. The van der Waals surface area contributed by atoms with Gasteiger partial charge in [-0.05, 0) is 45.7 Å². The zero-order valence-corrected chi connectivity index (χ0v) is 13.7. The van der Waals surface area contributed by atoms with E-state index >= 15 is 0 Å². The highest BCUT2D eigenvalue weighted by Crippen LogP contribution is 2.38. The molecule has 21 heavy (non-hydrogen) atoms. The fraction of sp³-hybridized carbons (Fsp3) is 0.765. The summed E-state index contributed by atoms with van der Waals surface area (Å²) in [7, 11) is 0. The lowest BCUT2D eigenvalue weighted by Gasteiger charge is -2.35. The fourth-order valence-corrected chi connectivity index (χ4v) is 3.15. The molecule has 118 valence electrons. The second-order valence-electron chi connectivity index (χ2n) is 5.99. The monoisotopic (exact) mass is 291 g/mol. The Morgan fingerprint density at radius 3 is 2.62 bits per heavy atom. The molecule has 0 aromatic carbocycles. The standard InChI is InChI=1S/C17H29N3O/c1-4-11-18-13-15-12-14(3)19-16(20-15)17(21-5-2)9-7-6-8-10-17/h12,18H,4-11,13H2,1-3H3. The SMILES string of the molecule is CCCNCc1cc(C)nc(C2(OCC)CCCCC2)n1. The fourth-order valence-electron chi connectivity index (χ4n) is 3.15. The largest absolute Gasteiger partial charge is 0.367 e. The maximum Gasteiger partial charge on any atom is 0.160 e. The van der Waals surface area contributed by atoms with Crippen molar-refractivity contribution in [2.45, 2.75) is 71.4 Å².